The topological polar surface area (TPSA) is 98.2 Å². The zero-order valence-electron chi connectivity index (χ0n) is 14.6. The highest BCUT2D eigenvalue weighted by atomic mass is 35.5. The van der Waals surface area contributed by atoms with E-state index in [0.29, 0.717) is 16.1 Å². The molecule has 0 radical (unpaired) electrons. The van der Waals surface area contributed by atoms with Gasteiger partial charge in [-0.2, -0.15) is 0 Å². The fraction of sp³-hybridized carbons (Fsp3) is 0.500. The second kappa shape index (κ2) is 7.16. The van der Waals surface area contributed by atoms with Crippen molar-refractivity contribution in [1.29, 1.82) is 0 Å². The lowest BCUT2D eigenvalue weighted by Crippen LogP contribution is -2.38. The Labute approximate surface area is 159 Å². The Morgan fingerprint density at radius 3 is 2.59 bits per heavy atom. The molecule has 2 aromatic heterocycles. The van der Waals surface area contributed by atoms with E-state index in [2.05, 4.69) is 4.98 Å². The first kappa shape index (κ1) is 19.7. The van der Waals surface area contributed by atoms with Gasteiger partial charge in [0.2, 0.25) is 11.8 Å². The number of fused-ring (bicyclic) bond motifs is 1. The van der Waals surface area contributed by atoms with Gasteiger partial charge in [0.05, 0.1) is 10.6 Å². The average molecular weight is 400 g/mol. The van der Waals surface area contributed by atoms with Gasteiger partial charge < -0.3 is 15.4 Å². The standard InChI is InChI=1S/C18H20ClF2N3O3/c19-12-2-8-23-16-15(12)11(9-24(16)10-14(22)26)13(25)1-3-17(27)4-6-18(20,21)7-5-17/h2,8-9,27H,1,3-7,10H2,(H2,22,26). The molecule has 0 aliphatic heterocycles. The zero-order valence-corrected chi connectivity index (χ0v) is 15.3. The van der Waals surface area contributed by atoms with E-state index in [9.17, 15) is 23.5 Å². The number of hydrogen-bond donors (Lipinski definition) is 2. The lowest BCUT2D eigenvalue weighted by atomic mass is 9.79. The number of primary amides is 1. The first-order valence-electron chi connectivity index (χ1n) is 8.65. The van der Waals surface area contributed by atoms with E-state index in [4.69, 9.17) is 17.3 Å². The lowest BCUT2D eigenvalue weighted by molar-refractivity contribution is -0.118. The van der Waals surface area contributed by atoms with Crippen LogP contribution in [0.4, 0.5) is 8.78 Å². The minimum absolute atomic E-state index is 0.0248. The maximum Gasteiger partial charge on any atom is 0.248 e. The van der Waals surface area contributed by atoms with Gasteiger partial charge in [0, 0.05) is 42.6 Å². The van der Waals surface area contributed by atoms with Gasteiger partial charge in [-0.25, -0.2) is 13.8 Å². The second-order valence-corrected chi connectivity index (χ2v) is 7.54. The molecule has 0 saturated heterocycles. The number of carbonyl (C=O) groups excluding carboxylic acids is 2. The number of amides is 1. The number of rotatable bonds is 6. The molecular formula is C18H20ClF2N3O3. The maximum atomic E-state index is 13.3. The molecule has 0 bridgehead atoms. The molecule has 6 nitrogen and oxygen atoms in total. The molecule has 0 spiro atoms. The van der Waals surface area contributed by atoms with Gasteiger partial charge in [-0.1, -0.05) is 11.6 Å². The van der Waals surface area contributed by atoms with Crippen LogP contribution in [0.2, 0.25) is 5.02 Å². The number of hydrogen-bond acceptors (Lipinski definition) is 4. The van der Waals surface area contributed by atoms with E-state index in [1.807, 2.05) is 0 Å². The van der Waals surface area contributed by atoms with Crippen LogP contribution in [0.25, 0.3) is 11.0 Å². The highest BCUT2D eigenvalue weighted by Crippen LogP contribution is 2.41. The van der Waals surface area contributed by atoms with Gasteiger partial charge >= 0.3 is 0 Å². The van der Waals surface area contributed by atoms with Crippen LogP contribution < -0.4 is 5.73 Å². The van der Waals surface area contributed by atoms with E-state index < -0.39 is 17.4 Å². The van der Waals surface area contributed by atoms with Crippen molar-refractivity contribution in [2.24, 2.45) is 5.73 Å². The van der Waals surface area contributed by atoms with Crippen molar-refractivity contribution in [2.75, 3.05) is 0 Å². The van der Waals surface area contributed by atoms with Crippen molar-refractivity contribution >= 4 is 34.3 Å². The molecule has 0 atom stereocenters. The van der Waals surface area contributed by atoms with Crippen molar-refractivity contribution in [3.63, 3.8) is 0 Å². The van der Waals surface area contributed by atoms with Crippen LogP contribution in [0.1, 0.15) is 48.9 Å². The number of aliphatic hydroxyl groups is 1. The quantitative estimate of drug-likeness (QED) is 0.729. The summed E-state index contributed by atoms with van der Waals surface area (Å²) in [6.45, 7) is -0.157. The number of carbonyl (C=O) groups is 2. The van der Waals surface area contributed by atoms with Gasteiger partial charge in [0.1, 0.15) is 12.2 Å². The van der Waals surface area contributed by atoms with Gasteiger partial charge in [-0.15, -0.1) is 0 Å². The highest BCUT2D eigenvalue weighted by Gasteiger charge is 2.42. The van der Waals surface area contributed by atoms with Crippen molar-refractivity contribution in [3.8, 4) is 0 Å². The number of alkyl halides is 2. The number of nitrogens with zero attached hydrogens (tertiary/aromatic N) is 2. The number of halogens is 3. The zero-order chi connectivity index (χ0) is 19.8. The van der Waals surface area contributed by atoms with E-state index in [1.165, 1.54) is 23.0 Å². The van der Waals surface area contributed by atoms with E-state index >= 15 is 0 Å². The Hall–Kier alpha value is -2.06. The predicted molar refractivity (Wildman–Crippen MR) is 95.9 cm³/mol. The molecule has 1 aliphatic rings. The third-order valence-electron chi connectivity index (χ3n) is 5.06. The minimum atomic E-state index is -2.75. The van der Waals surface area contributed by atoms with Crippen LogP contribution in [-0.4, -0.2) is 37.9 Å². The number of Topliss-reactive ketones (excluding diaryl/α,β-unsaturated/α-hetero) is 1. The smallest absolute Gasteiger partial charge is 0.248 e. The Morgan fingerprint density at radius 1 is 1.30 bits per heavy atom. The third kappa shape index (κ3) is 4.27. The Morgan fingerprint density at radius 2 is 1.96 bits per heavy atom. The third-order valence-corrected chi connectivity index (χ3v) is 5.38. The summed E-state index contributed by atoms with van der Waals surface area (Å²) >= 11 is 6.21. The van der Waals surface area contributed by atoms with Crippen LogP contribution in [0.5, 0.6) is 0 Å². The summed E-state index contributed by atoms with van der Waals surface area (Å²) in [4.78, 5) is 28.2. The molecule has 3 rings (SSSR count). The summed E-state index contributed by atoms with van der Waals surface area (Å²) in [7, 11) is 0. The Bertz CT molecular complexity index is 887. The summed E-state index contributed by atoms with van der Waals surface area (Å²) in [6.07, 6.45) is 2.14. The largest absolute Gasteiger partial charge is 0.390 e. The Kier molecular flexibility index (Phi) is 5.22. The molecule has 0 unspecified atom stereocenters. The van der Waals surface area contributed by atoms with Crippen LogP contribution in [-0.2, 0) is 11.3 Å². The molecule has 146 valence electrons. The normalized spacial score (nSPS) is 18.5. The number of aromatic nitrogens is 2. The molecule has 2 heterocycles. The summed E-state index contributed by atoms with van der Waals surface area (Å²) in [5, 5.41) is 11.2. The first-order valence-corrected chi connectivity index (χ1v) is 9.03. The molecule has 1 aliphatic carbocycles. The van der Waals surface area contributed by atoms with Crippen LogP contribution in [0, 0.1) is 0 Å². The molecule has 1 fully saturated rings. The monoisotopic (exact) mass is 399 g/mol. The van der Waals surface area contributed by atoms with E-state index in [-0.39, 0.29) is 56.4 Å². The van der Waals surface area contributed by atoms with E-state index in [1.54, 1.807) is 0 Å². The molecule has 2 aromatic rings. The molecular weight excluding hydrogens is 380 g/mol. The summed E-state index contributed by atoms with van der Waals surface area (Å²) in [5.41, 5.74) is 4.60. The second-order valence-electron chi connectivity index (χ2n) is 7.13. The molecule has 9 heteroatoms. The summed E-state index contributed by atoms with van der Waals surface area (Å²) < 4.78 is 28.0. The van der Waals surface area contributed by atoms with Crippen LogP contribution >= 0.6 is 11.6 Å². The number of nitrogens with two attached hydrogens (primary N) is 1. The van der Waals surface area contributed by atoms with Gasteiger partial charge in [0.25, 0.3) is 0 Å². The van der Waals surface area contributed by atoms with Crippen LogP contribution in [0.3, 0.4) is 0 Å². The maximum absolute atomic E-state index is 13.3. The van der Waals surface area contributed by atoms with Crippen LogP contribution in [0.15, 0.2) is 18.5 Å². The van der Waals surface area contributed by atoms with Crippen molar-refractivity contribution < 1.29 is 23.5 Å². The fourth-order valence-electron chi connectivity index (χ4n) is 3.49. The van der Waals surface area contributed by atoms with Crippen molar-refractivity contribution in [2.45, 2.75) is 56.6 Å². The number of ketones is 1. The molecule has 1 amide bonds. The first-order chi connectivity index (χ1) is 12.6. The summed E-state index contributed by atoms with van der Waals surface area (Å²) in [5.74, 6) is -3.65. The fourth-order valence-corrected chi connectivity index (χ4v) is 3.73. The molecule has 1 saturated carbocycles. The highest BCUT2D eigenvalue weighted by molar-refractivity contribution is 6.36. The summed E-state index contributed by atoms with van der Waals surface area (Å²) in [6, 6.07) is 1.53. The molecule has 3 N–H and O–H groups in total. The average Bonchev–Trinajstić information content (AvgIpc) is 2.96. The Balaban J connectivity index is 1.81. The van der Waals surface area contributed by atoms with Crippen molar-refractivity contribution in [1.82, 2.24) is 9.55 Å². The molecule has 0 aromatic carbocycles. The molecule has 27 heavy (non-hydrogen) atoms. The minimum Gasteiger partial charge on any atom is -0.390 e. The van der Waals surface area contributed by atoms with E-state index in [0.717, 1.165) is 0 Å². The lowest BCUT2D eigenvalue weighted by Gasteiger charge is -2.35. The predicted octanol–water partition coefficient (Wildman–Crippen LogP) is 3.08. The van der Waals surface area contributed by atoms with Crippen molar-refractivity contribution in [3.05, 3.63) is 29.0 Å². The SMILES string of the molecule is NC(=O)Cn1cc(C(=O)CCC2(O)CCC(F)(F)CC2)c2c(Cl)ccnc21. The van der Waals surface area contributed by atoms with Gasteiger partial charge in [0.15, 0.2) is 5.78 Å². The van der Waals surface area contributed by atoms with Gasteiger partial charge in [-0.3, -0.25) is 9.59 Å². The number of pyridine rings is 1. The van der Waals surface area contributed by atoms with Gasteiger partial charge in [-0.05, 0) is 25.3 Å².